The van der Waals surface area contributed by atoms with Gasteiger partial charge in [-0.3, -0.25) is 0 Å². The molecule has 1 heterocycles. The highest BCUT2D eigenvalue weighted by Gasteiger charge is 2.29. The molecule has 18 heavy (non-hydrogen) atoms. The molecule has 1 fully saturated rings. The summed E-state index contributed by atoms with van der Waals surface area (Å²) in [4.78, 5) is 0.189. The number of nitrogen functional groups attached to an aromatic ring is 1. The standard InChI is InChI=1S/C12H16BrNO3S/c1-8-2-4-10(17-8)7-18(15,16)12-5-3-9(13)6-11(12)14/h3,5-6,8,10H,2,4,7,14H2,1H3. The summed E-state index contributed by atoms with van der Waals surface area (Å²) in [5.74, 6) is 0.00315. The third-order valence-electron chi connectivity index (χ3n) is 3.03. The fourth-order valence-corrected chi connectivity index (χ4v) is 4.13. The van der Waals surface area contributed by atoms with Crippen LogP contribution >= 0.6 is 15.9 Å². The van der Waals surface area contributed by atoms with Crippen molar-refractivity contribution in [3.63, 3.8) is 0 Å². The van der Waals surface area contributed by atoms with E-state index in [1.54, 1.807) is 12.1 Å². The molecule has 2 rings (SSSR count). The number of anilines is 1. The van der Waals surface area contributed by atoms with E-state index in [0.717, 1.165) is 17.3 Å². The van der Waals surface area contributed by atoms with Crippen LogP contribution in [0.4, 0.5) is 5.69 Å². The molecule has 0 spiro atoms. The Morgan fingerprint density at radius 3 is 2.72 bits per heavy atom. The second-order valence-corrected chi connectivity index (χ2v) is 7.53. The normalized spacial score (nSPS) is 24.3. The molecule has 0 saturated carbocycles. The Kier molecular flexibility index (Phi) is 3.99. The lowest BCUT2D eigenvalue weighted by Crippen LogP contribution is -2.22. The molecular weight excluding hydrogens is 318 g/mol. The molecule has 1 aromatic carbocycles. The molecule has 0 aromatic heterocycles. The van der Waals surface area contributed by atoms with Crippen molar-refractivity contribution >= 4 is 31.5 Å². The minimum atomic E-state index is -3.39. The smallest absolute Gasteiger partial charge is 0.182 e. The Balaban J connectivity index is 2.20. The van der Waals surface area contributed by atoms with E-state index in [1.165, 1.54) is 6.07 Å². The number of benzene rings is 1. The first-order valence-corrected chi connectivity index (χ1v) is 8.26. The van der Waals surface area contributed by atoms with E-state index in [2.05, 4.69) is 15.9 Å². The van der Waals surface area contributed by atoms with Crippen molar-refractivity contribution in [2.75, 3.05) is 11.5 Å². The van der Waals surface area contributed by atoms with E-state index in [1.807, 2.05) is 6.92 Å². The van der Waals surface area contributed by atoms with Crippen LogP contribution in [-0.4, -0.2) is 26.4 Å². The van der Waals surface area contributed by atoms with Crippen LogP contribution in [0.15, 0.2) is 27.6 Å². The lowest BCUT2D eigenvalue weighted by Gasteiger charge is -2.13. The predicted molar refractivity (Wildman–Crippen MR) is 74.2 cm³/mol. The van der Waals surface area contributed by atoms with Gasteiger partial charge in [0.25, 0.3) is 0 Å². The molecule has 0 radical (unpaired) electrons. The van der Waals surface area contributed by atoms with E-state index in [-0.39, 0.29) is 28.5 Å². The van der Waals surface area contributed by atoms with Gasteiger partial charge in [-0.2, -0.15) is 0 Å². The van der Waals surface area contributed by atoms with Gasteiger partial charge in [-0.1, -0.05) is 15.9 Å². The number of sulfone groups is 1. The average Bonchev–Trinajstić information content (AvgIpc) is 2.62. The van der Waals surface area contributed by atoms with Crippen molar-refractivity contribution in [1.29, 1.82) is 0 Å². The zero-order chi connectivity index (χ0) is 13.3. The highest BCUT2D eigenvalue weighted by atomic mass is 79.9. The predicted octanol–water partition coefficient (Wildman–Crippen LogP) is 2.37. The Labute approximate surface area is 116 Å². The van der Waals surface area contributed by atoms with E-state index >= 15 is 0 Å². The van der Waals surface area contributed by atoms with Crippen molar-refractivity contribution < 1.29 is 13.2 Å². The maximum atomic E-state index is 12.3. The van der Waals surface area contributed by atoms with Crippen LogP contribution in [0.1, 0.15) is 19.8 Å². The summed E-state index contributed by atoms with van der Waals surface area (Å²) in [6.45, 7) is 1.96. The van der Waals surface area contributed by atoms with Gasteiger partial charge in [0, 0.05) is 4.47 Å². The first-order valence-electron chi connectivity index (χ1n) is 5.82. The number of nitrogens with two attached hydrogens (primary N) is 1. The Hall–Kier alpha value is -0.590. The number of rotatable bonds is 3. The van der Waals surface area contributed by atoms with Crippen LogP contribution in [0, 0.1) is 0 Å². The number of hydrogen-bond acceptors (Lipinski definition) is 4. The number of ether oxygens (including phenoxy) is 1. The molecule has 2 atom stereocenters. The van der Waals surface area contributed by atoms with Crippen molar-refractivity contribution in [2.45, 2.75) is 36.9 Å². The van der Waals surface area contributed by atoms with Crippen LogP contribution in [0.3, 0.4) is 0 Å². The fraction of sp³-hybridized carbons (Fsp3) is 0.500. The quantitative estimate of drug-likeness (QED) is 0.862. The summed E-state index contributed by atoms with van der Waals surface area (Å²) in [5.41, 5.74) is 6.03. The van der Waals surface area contributed by atoms with Crippen LogP contribution in [0.25, 0.3) is 0 Å². The first kappa shape index (κ1) is 13.8. The summed E-state index contributed by atoms with van der Waals surface area (Å²) in [7, 11) is -3.39. The van der Waals surface area contributed by atoms with Gasteiger partial charge in [-0.05, 0) is 38.0 Å². The molecule has 4 nitrogen and oxygen atoms in total. The van der Waals surface area contributed by atoms with Gasteiger partial charge < -0.3 is 10.5 Å². The second kappa shape index (κ2) is 5.19. The molecule has 0 bridgehead atoms. The lowest BCUT2D eigenvalue weighted by atomic mass is 10.2. The number of hydrogen-bond donors (Lipinski definition) is 1. The van der Waals surface area contributed by atoms with Crippen molar-refractivity contribution in [1.82, 2.24) is 0 Å². The fourth-order valence-electron chi connectivity index (χ4n) is 2.14. The zero-order valence-corrected chi connectivity index (χ0v) is 12.5. The summed E-state index contributed by atoms with van der Waals surface area (Å²) >= 11 is 3.26. The van der Waals surface area contributed by atoms with Gasteiger partial charge >= 0.3 is 0 Å². The van der Waals surface area contributed by atoms with Gasteiger partial charge in [0.2, 0.25) is 0 Å². The molecule has 2 unspecified atom stereocenters. The van der Waals surface area contributed by atoms with Gasteiger partial charge in [0.15, 0.2) is 9.84 Å². The maximum Gasteiger partial charge on any atom is 0.182 e. The molecule has 0 amide bonds. The third kappa shape index (κ3) is 3.05. The topological polar surface area (TPSA) is 69.4 Å². The average molecular weight is 334 g/mol. The van der Waals surface area contributed by atoms with E-state index in [4.69, 9.17) is 10.5 Å². The summed E-state index contributed by atoms with van der Waals surface area (Å²) in [6, 6.07) is 4.82. The molecular formula is C12H16BrNO3S. The van der Waals surface area contributed by atoms with E-state index in [0.29, 0.717) is 0 Å². The molecule has 1 aliphatic rings. The summed E-state index contributed by atoms with van der Waals surface area (Å²) < 4.78 is 30.8. The Morgan fingerprint density at radius 1 is 1.44 bits per heavy atom. The van der Waals surface area contributed by atoms with Gasteiger partial charge in [-0.25, -0.2) is 8.42 Å². The number of halogens is 1. The van der Waals surface area contributed by atoms with Crippen LogP contribution in [0.2, 0.25) is 0 Å². The molecule has 1 aliphatic heterocycles. The lowest BCUT2D eigenvalue weighted by molar-refractivity contribution is 0.0690. The molecule has 1 saturated heterocycles. The van der Waals surface area contributed by atoms with E-state index < -0.39 is 9.84 Å². The monoisotopic (exact) mass is 333 g/mol. The van der Waals surface area contributed by atoms with E-state index in [9.17, 15) is 8.42 Å². The third-order valence-corrected chi connectivity index (χ3v) is 5.38. The van der Waals surface area contributed by atoms with Crippen molar-refractivity contribution in [3.05, 3.63) is 22.7 Å². The second-order valence-electron chi connectivity index (χ2n) is 4.61. The van der Waals surface area contributed by atoms with Crippen LogP contribution < -0.4 is 5.73 Å². The molecule has 100 valence electrons. The van der Waals surface area contributed by atoms with Gasteiger partial charge in [-0.15, -0.1) is 0 Å². The summed E-state index contributed by atoms with van der Waals surface area (Å²) in [5, 5.41) is 0. The van der Waals surface area contributed by atoms with Crippen LogP contribution in [-0.2, 0) is 14.6 Å². The molecule has 1 aromatic rings. The highest BCUT2D eigenvalue weighted by molar-refractivity contribution is 9.10. The van der Waals surface area contributed by atoms with Gasteiger partial charge in [0.05, 0.1) is 28.5 Å². The summed E-state index contributed by atoms with van der Waals surface area (Å²) in [6.07, 6.45) is 1.63. The van der Waals surface area contributed by atoms with Crippen molar-refractivity contribution in [2.24, 2.45) is 0 Å². The highest BCUT2D eigenvalue weighted by Crippen LogP contribution is 2.27. The molecule has 6 heteroatoms. The van der Waals surface area contributed by atoms with Crippen LogP contribution in [0.5, 0.6) is 0 Å². The minimum absolute atomic E-state index is 0.00315. The zero-order valence-electron chi connectivity index (χ0n) is 10.1. The minimum Gasteiger partial charge on any atom is -0.398 e. The first-order chi connectivity index (χ1) is 8.38. The maximum absolute atomic E-state index is 12.3. The molecule has 2 N–H and O–H groups in total. The Bertz CT molecular complexity index is 544. The molecule has 0 aliphatic carbocycles. The van der Waals surface area contributed by atoms with Crippen molar-refractivity contribution in [3.8, 4) is 0 Å². The largest absolute Gasteiger partial charge is 0.398 e. The van der Waals surface area contributed by atoms with Gasteiger partial charge in [0.1, 0.15) is 0 Å². The Morgan fingerprint density at radius 2 is 2.17 bits per heavy atom. The SMILES string of the molecule is CC1CCC(CS(=O)(=O)c2ccc(Br)cc2N)O1.